The van der Waals surface area contributed by atoms with Gasteiger partial charge in [0.15, 0.2) is 0 Å². The van der Waals surface area contributed by atoms with Crippen LogP contribution in [0.2, 0.25) is 0 Å². The summed E-state index contributed by atoms with van der Waals surface area (Å²) in [6.45, 7) is -0.265. The van der Waals surface area contributed by atoms with Gasteiger partial charge in [-0.1, -0.05) is 0 Å². The summed E-state index contributed by atoms with van der Waals surface area (Å²) in [6.07, 6.45) is 3.44. The molecule has 0 aliphatic heterocycles. The SMILES string of the molecule is O=C(O)CNC(=O)CNC(=O)N(CCCO)C1CCC1. The van der Waals surface area contributed by atoms with Crippen LogP contribution in [0.15, 0.2) is 0 Å². The predicted molar refractivity (Wildman–Crippen MR) is 70.1 cm³/mol. The van der Waals surface area contributed by atoms with Crippen LogP contribution in [0.4, 0.5) is 4.79 Å². The van der Waals surface area contributed by atoms with Crippen LogP contribution in [0.3, 0.4) is 0 Å². The number of aliphatic hydroxyl groups excluding tert-OH is 1. The van der Waals surface area contributed by atoms with Crippen molar-refractivity contribution in [3.63, 3.8) is 0 Å². The molecule has 0 saturated heterocycles. The Morgan fingerprint density at radius 2 is 1.85 bits per heavy atom. The molecule has 1 fully saturated rings. The van der Waals surface area contributed by atoms with Crippen LogP contribution >= 0.6 is 0 Å². The van der Waals surface area contributed by atoms with E-state index < -0.39 is 18.4 Å². The maximum atomic E-state index is 12.0. The zero-order chi connectivity index (χ0) is 15.0. The fourth-order valence-corrected chi connectivity index (χ4v) is 1.88. The fourth-order valence-electron chi connectivity index (χ4n) is 1.88. The highest BCUT2D eigenvalue weighted by Crippen LogP contribution is 2.24. The van der Waals surface area contributed by atoms with E-state index >= 15 is 0 Å². The lowest BCUT2D eigenvalue weighted by atomic mass is 9.91. The standard InChI is InChI=1S/C12H21N3O5/c16-6-2-5-15(9-3-1-4-9)12(20)14-7-10(17)13-8-11(18)19/h9,16H,1-8H2,(H,13,17)(H,14,20)(H,18,19). The third-order valence-corrected chi connectivity index (χ3v) is 3.17. The summed E-state index contributed by atoms with van der Waals surface area (Å²) in [4.78, 5) is 35.2. The van der Waals surface area contributed by atoms with Gasteiger partial charge in [0.2, 0.25) is 5.91 Å². The number of nitrogens with zero attached hydrogens (tertiary/aromatic N) is 1. The minimum absolute atomic E-state index is 0.00952. The molecule has 0 heterocycles. The van der Waals surface area contributed by atoms with E-state index in [1.165, 1.54) is 0 Å². The summed E-state index contributed by atoms with van der Waals surface area (Å²) in [6, 6.07) is -0.183. The van der Waals surface area contributed by atoms with Gasteiger partial charge in [0.1, 0.15) is 6.54 Å². The maximum Gasteiger partial charge on any atom is 0.322 e. The highest BCUT2D eigenvalue weighted by atomic mass is 16.4. The van der Waals surface area contributed by atoms with Gasteiger partial charge >= 0.3 is 12.0 Å². The first-order valence-electron chi connectivity index (χ1n) is 6.68. The van der Waals surface area contributed by atoms with Crippen molar-refractivity contribution in [1.82, 2.24) is 15.5 Å². The van der Waals surface area contributed by atoms with Gasteiger partial charge < -0.3 is 25.7 Å². The van der Waals surface area contributed by atoms with E-state index in [1.54, 1.807) is 4.90 Å². The number of carboxylic acids is 1. The lowest BCUT2D eigenvalue weighted by molar-refractivity contribution is -0.137. The number of hydrogen-bond acceptors (Lipinski definition) is 4. The van der Waals surface area contributed by atoms with Gasteiger partial charge in [-0.25, -0.2) is 4.79 Å². The predicted octanol–water partition coefficient (Wildman–Crippen LogP) is -0.866. The fraction of sp³-hybridized carbons (Fsp3) is 0.750. The van der Waals surface area contributed by atoms with Crippen molar-refractivity contribution in [3.8, 4) is 0 Å². The smallest absolute Gasteiger partial charge is 0.322 e. The number of amides is 3. The van der Waals surface area contributed by atoms with E-state index in [0.29, 0.717) is 13.0 Å². The normalized spacial score (nSPS) is 14.2. The van der Waals surface area contributed by atoms with Crippen molar-refractivity contribution in [2.24, 2.45) is 0 Å². The van der Waals surface area contributed by atoms with Crippen LogP contribution < -0.4 is 10.6 Å². The molecule has 0 spiro atoms. The Hall–Kier alpha value is -1.83. The molecule has 0 unspecified atom stereocenters. The Kier molecular flexibility index (Phi) is 6.78. The molecule has 1 rings (SSSR count). The van der Waals surface area contributed by atoms with Crippen LogP contribution in [0.5, 0.6) is 0 Å². The molecule has 0 atom stereocenters. The number of aliphatic hydroxyl groups is 1. The molecule has 0 aromatic rings. The minimum atomic E-state index is -1.14. The second kappa shape index (κ2) is 8.36. The van der Waals surface area contributed by atoms with Crippen LogP contribution in [0.25, 0.3) is 0 Å². The molecule has 20 heavy (non-hydrogen) atoms. The Morgan fingerprint density at radius 3 is 2.35 bits per heavy atom. The Balaban J connectivity index is 2.33. The number of urea groups is 1. The summed E-state index contributed by atoms with van der Waals surface area (Å²) in [7, 11) is 0. The third-order valence-electron chi connectivity index (χ3n) is 3.17. The van der Waals surface area contributed by atoms with E-state index in [-0.39, 0.29) is 25.2 Å². The van der Waals surface area contributed by atoms with Crippen molar-refractivity contribution in [2.75, 3.05) is 26.2 Å². The van der Waals surface area contributed by atoms with Gasteiger partial charge in [-0.15, -0.1) is 0 Å². The molecule has 114 valence electrons. The van der Waals surface area contributed by atoms with E-state index in [9.17, 15) is 14.4 Å². The van der Waals surface area contributed by atoms with Crippen molar-refractivity contribution in [1.29, 1.82) is 0 Å². The average molecular weight is 287 g/mol. The molecular formula is C12H21N3O5. The molecule has 0 radical (unpaired) electrons. The number of carbonyl (C=O) groups is 3. The highest BCUT2D eigenvalue weighted by molar-refractivity contribution is 5.86. The van der Waals surface area contributed by atoms with Gasteiger partial charge in [-0.05, 0) is 25.7 Å². The van der Waals surface area contributed by atoms with Crippen molar-refractivity contribution >= 4 is 17.9 Å². The van der Waals surface area contributed by atoms with Crippen LogP contribution in [-0.2, 0) is 9.59 Å². The lowest BCUT2D eigenvalue weighted by Gasteiger charge is -2.37. The van der Waals surface area contributed by atoms with Crippen LogP contribution in [-0.4, -0.2) is 65.3 Å². The monoisotopic (exact) mass is 287 g/mol. The molecule has 3 amide bonds. The van der Waals surface area contributed by atoms with E-state index in [4.69, 9.17) is 10.2 Å². The zero-order valence-corrected chi connectivity index (χ0v) is 11.3. The van der Waals surface area contributed by atoms with Gasteiger partial charge in [-0.2, -0.15) is 0 Å². The summed E-state index contributed by atoms with van der Waals surface area (Å²) in [5.41, 5.74) is 0. The van der Waals surface area contributed by atoms with E-state index in [1.807, 2.05) is 0 Å². The zero-order valence-electron chi connectivity index (χ0n) is 11.3. The Labute approximate surface area is 117 Å². The van der Waals surface area contributed by atoms with Gasteiger partial charge in [0, 0.05) is 19.2 Å². The lowest BCUT2D eigenvalue weighted by Crippen LogP contribution is -2.51. The molecule has 8 heteroatoms. The Bertz CT molecular complexity index is 357. The number of aliphatic carboxylic acids is 1. The second-order valence-corrected chi connectivity index (χ2v) is 4.68. The van der Waals surface area contributed by atoms with Gasteiger partial charge in [0.25, 0.3) is 0 Å². The van der Waals surface area contributed by atoms with Crippen LogP contribution in [0.1, 0.15) is 25.7 Å². The highest BCUT2D eigenvalue weighted by Gasteiger charge is 2.28. The first kappa shape index (κ1) is 16.2. The summed E-state index contributed by atoms with van der Waals surface area (Å²) in [5.74, 6) is -1.68. The number of carbonyl (C=O) groups excluding carboxylic acids is 2. The first-order valence-corrected chi connectivity index (χ1v) is 6.68. The number of rotatable bonds is 8. The largest absolute Gasteiger partial charge is 0.480 e. The average Bonchev–Trinajstić information content (AvgIpc) is 2.35. The number of nitrogens with one attached hydrogen (secondary N) is 2. The second-order valence-electron chi connectivity index (χ2n) is 4.68. The van der Waals surface area contributed by atoms with Crippen molar-refractivity contribution in [3.05, 3.63) is 0 Å². The molecule has 8 nitrogen and oxygen atoms in total. The third kappa shape index (κ3) is 5.43. The summed E-state index contributed by atoms with van der Waals surface area (Å²) < 4.78 is 0. The van der Waals surface area contributed by atoms with Crippen LogP contribution in [0, 0.1) is 0 Å². The van der Waals surface area contributed by atoms with Gasteiger partial charge in [0.05, 0.1) is 6.54 Å². The minimum Gasteiger partial charge on any atom is -0.480 e. The molecule has 0 aromatic carbocycles. The molecular weight excluding hydrogens is 266 g/mol. The molecule has 1 aliphatic rings. The molecule has 0 bridgehead atoms. The van der Waals surface area contributed by atoms with Crippen molar-refractivity contribution < 1.29 is 24.6 Å². The molecule has 0 aromatic heterocycles. The maximum absolute atomic E-state index is 12.0. The Morgan fingerprint density at radius 1 is 1.15 bits per heavy atom. The van der Waals surface area contributed by atoms with E-state index in [0.717, 1.165) is 19.3 Å². The number of carboxylic acid groups (broad SMARTS) is 1. The van der Waals surface area contributed by atoms with Crippen molar-refractivity contribution in [2.45, 2.75) is 31.7 Å². The molecule has 4 N–H and O–H groups in total. The summed E-state index contributed by atoms with van der Waals surface area (Å²) in [5, 5.41) is 21.9. The molecule has 1 aliphatic carbocycles. The molecule has 1 saturated carbocycles. The topological polar surface area (TPSA) is 119 Å². The quantitative estimate of drug-likeness (QED) is 0.463. The number of hydrogen-bond donors (Lipinski definition) is 4. The summed E-state index contributed by atoms with van der Waals surface area (Å²) >= 11 is 0. The first-order chi connectivity index (χ1) is 9.54. The van der Waals surface area contributed by atoms with Gasteiger partial charge in [-0.3, -0.25) is 9.59 Å². The van der Waals surface area contributed by atoms with E-state index in [2.05, 4.69) is 10.6 Å².